The van der Waals surface area contributed by atoms with Gasteiger partial charge in [-0.25, -0.2) is 0 Å². The van der Waals surface area contributed by atoms with E-state index in [1.54, 1.807) is 6.92 Å². The Labute approximate surface area is 67.5 Å². The smallest absolute Gasteiger partial charge is 0.0911 e. The van der Waals surface area contributed by atoms with Gasteiger partial charge in [0.15, 0.2) is 0 Å². The van der Waals surface area contributed by atoms with E-state index in [9.17, 15) is 5.11 Å². The van der Waals surface area contributed by atoms with Crippen LogP contribution in [0.1, 0.15) is 32.1 Å². The van der Waals surface area contributed by atoms with E-state index < -0.39 is 0 Å². The predicted molar refractivity (Wildman–Crippen MR) is 45.4 cm³/mol. The highest BCUT2D eigenvalue weighted by Gasteiger charge is 2.04. The summed E-state index contributed by atoms with van der Waals surface area (Å²) < 4.78 is 2.09. The van der Waals surface area contributed by atoms with E-state index in [1.165, 1.54) is 0 Å². The Morgan fingerprint density at radius 2 is 2.36 bits per heavy atom. The first kappa shape index (κ1) is 8.34. The zero-order valence-electron chi connectivity index (χ0n) is 7.12. The lowest BCUT2D eigenvalue weighted by molar-refractivity contribution is 0.189. The van der Waals surface area contributed by atoms with Crippen molar-refractivity contribution in [3.8, 4) is 0 Å². The van der Waals surface area contributed by atoms with Crippen LogP contribution in [0.2, 0.25) is 0 Å². The zero-order valence-corrected chi connectivity index (χ0v) is 7.12. The van der Waals surface area contributed by atoms with Crippen LogP contribution in [0, 0.1) is 0 Å². The average molecular weight is 153 g/mol. The standard InChI is InChI=1S/C9H15NO/c1-3-6-10-7-4-5-9(10)8(2)11/h4-5,7-8,11H,3,6H2,1-2H3. The highest BCUT2D eigenvalue weighted by Crippen LogP contribution is 2.12. The van der Waals surface area contributed by atoms with Crippen LogP contribution in [0.4, 0.5) is 0 Å². The SMILES string of the molecule is CCCn1cccc1C(C)O. The van der Waals surface area contributed by atoms with Crippen LogP contribution < -0.4 is 0 Å². The number of aliphatic hydroxyl groups excluding tert-OH is 1. The third-order valence-corrected chi connectivity index (χ3v) is 1.76. The number of aliphatic hydroxyl groups is 1. The van der Waals surface area contributed by atoms with Gasteiger partial charge in [-0.15, -0.1) is 0 Å². The molecule has 1 N–H and O–H groups in total. The van der Waals surface area contributed by atoms with Crippen LogP contribution in [-0.4, -0.2) is 9.67 Å². The minimum atomic E-state index is -0.350. The van der Waals surface area contributed by atoms with Gasteiger partial charge in [0.2, 0.25) is 0 Å². The molecule has 0 aliphatic rings. The Hall–Kier alpha value is -0.760. The fraction of sp³-hybridized carbons (Fsp3) is 0.556. The monoisotopic (exact) mass is 153 g/mol. The van der Waals surface area contributed by atoms with Gasteiger partial charge >= 0.3 is 0 Å². The summed E-state index contributed by atoms with van der Waals surface area (Å²) in [6, 6.07) is 3.93. The summed E-state index contributed by atoms with van der Waals surface area (Å²) in [5.74, 6) is 0. The molecule has 0 aliphatic heterocycles. The van der Waals surface area contributed by atoms with Gasteiger partial charge < -0.3 is 9.67 Å². The van der Waals surface area contributed by atoms with Gasteiger partial charge in [0.05, 0.1) is 6.10 Å². The summed E-state index contributed by atoms with van der Waals surface area (Å²) in [6.45, 7) is 4.92. The number of hydrogen-bond acceptors (Lipinski definition) is 1. The number of rotatable bonds is 3. The van der Waals surface area contributed by atoms with Gasteiger partial charge in [0.1, 0.15) is 0 Å². The Kier molecular flexibility index (Phi) is 2.71. The molecule has 1 aromatic rings. The lowest BCUT2D eigenvalue weighted by atomic mass is 10.3. The van der Waals surface area contributed by atoms with Crippen molar-refractivity contribution in [2.75, 3.05) is 0 Å². The first-order chi connectivity index (χ1) is 5.25. The van der Waals surface area contributed by atoms with Crippen molar-refractivity contribution in [3.63, 3.8) is 0 Å². The topological polar surface area (TPSA) is 25.2 Å². The van der Waals surface area contributed by atoms with Crippen molar-refractivity contribution < 1.29 is 5.11 Å². The maximum atomic E-state index is 9.30. The highest BCUT2D eigenvalue weighted by molar-refractivity contribution is 5.09. The third kappa shape index (κ3) is 1.84. The zero-order chi connectivity index (χ0) is 8.27. The summed E-state index contributed by atoms with van der Waals surface area (Å²) in [5.41, 5.74) is 1.01. The van der Waals surface area contributed by atoms with Gasteiger partial charge in [0, 0.05) is 18.4 Å². The molecular formula is C9H15NO. The van der Waals surface area contributed by atoms with Gasteiger partial charge in [0.25, 0.3) is 0 Å². The Morgan fingerprint density at radius 3 is 2.91 bits per heavy atom. The second kappa shape index (κ2) is 3.58. The number of aryl methyl sites for hydroxylation is 1. The van der Waals surface area contributed by atoms with Crippen molar-refractivity contribution in [3.05, 3.63) is 24.0 Å². The van der Waals surface area contributed by atoms with E-state index >= 15 is 0 Å². The molecule has 0 saturated carbocycles. The van der Waals surface area contributed by atoms with Gasteiger partial charge in [-0.1, -0.05) is 6.92 Å². The first-order valence-electron chi connectivity index (χ1n) is 4.08. The summed E-state index contributed by atoms with van der Waals surface area (Å²) in [6.07, 6.45) is 2.76. The molecular weight excluding hydrogens is 138 g/mol. The molecule has 0 fully saturated rings. The quantitative estimate of drug-likeness (QED) is 0.705. The summed E-state index contributed by atoms with van der Waals surface area (Å²) in [4.78, 5) is 0. The molecule has 1 heterocycles. The van der Waals surface area contributed by atoms with Gasteiger partial charge in [-0.3, -0.25) is 0 Å². The third-order valence-electron chi connectivity index (χ3n) is 1.76. The van der Waals surface area contributed by atoms with Gasteiger partial charge in [-0.05, 0) is 25.5 Å². The van der Waals surface area contributed by atoms with E-state index in [0.717, 1.165) is 18.7 Å². The molecule has 0 saturated heterocycles. The fourth-order valence-electron chi connectivity index (χ4n) is 1.25. The second-order valence-corrected chi connectivity index (χ2v) is 2.80. The maximum absolute atomic E-state index is 9.30. The molecule has 0 spiro atoms. The van der Waals surface area contributed by atoms with Crippen molar-refractivity contribution in [2.45, 2.75) is 32.9 Å². The first-order valence-corrected chi connectivity index (χ1v) is 4.08. The van der Waals surface area contributed by atoms with Crippen LogP contribution in [-0.2, 0) is 6.54 Å². The van der Waals surface area contributed by atoms with Crippen molar-refractivity contribution in [2.24, 2.45) is 0 Å². The van der Waals surface area contributed by atoms with Crippen molar-refractivity contribution in [1.29, 1.82) is 0 Å². The predicted octanol–water partition coefficient (Wildman–Crippen LogP) is 1.95. The molecule has 0 radical (unpaired) electrons. The molecule has 0 bridgehead atoms. The fourth-order valence-corrected chi connectivity index (χ4v) is 1.25. The van der Waals surface area contributed by atoms with Crippen LogP contribution in [0.25, 0.3) is 0 Å². The van der Waals surface area contributed by atoms with E-state index in [4.69, 9.17) is 0 Å². The highest BCUT2D eigenvalue weighted by atomic mass is 16.3. The minimum Gasteiger partial charge on any atom is -0.387 e. The lowest BCUT2D eigenvalue weighted by Gasteiger charge is -2.09. The van der Waals surface area contributed by atoms with Gasteiger partial charge in [-0.2, -0.15) is 0 Å². The normalized spacial score (nSPS) is 13.4. The molecule has 1 rings (SSSR count). The van der Waals surface area contributed by atoms with Crippen molar-refractivity contribution in [1.82, 2.24) is 4.57 Å². The molecule has 1 atom stereocenters. The van der Waals surface area contributed by atoms with Crippen LogP contribution in [0.5, 0.6) is 0 Å². The molecule has 62 valence electrons. The van der Waals surface area contributed by atoms with Crippen LogP contribution >= 0.6 is 0 Å². The van der Waals surface area contributed by atoms with Crippen LogP contribution in [0.15, 0.2) is 18.3 Å². The molecule has 0 aliphatic carbocycles. The van der Waals surface area contributed by atoms with E-state index in [1.807, 2.05) is 18.3 Å². The van der Waals surface area contributed by atoms with Crippen molar-refractivity contribution >= 4 is 0 Å². The Morgan fingerprint density at radius 1 is 1.64 bits per heavy atom. The minimum absolute atomic E-state index is 0.350. The molecule has 0 amide bonds. The molecule has 11 heavy (non-hydrogen) atoms. The molecule has 1 aromatic heterocycles. The largest absolute Gasteiger partial charge is 0.387 e. The molecule has 1 unspecified atom stereocenters. The Balaban J connectivity index is 2.78. The molecule has 2 nitrogen and oxygen atoms in total. The van der Waals surface area contributed by atoms with E-state index in [-0.39, 0.29) is 6.10 Å². The lowest BCUT2D eigenvalue weighted by Crippen LogP contribution is -2.03. The summed E-state index contributed by atoms with van der Waals surface area (Å²) in [7, 11) is 0. The Bertz CT molecular complexity index is 215. The maximum Gasteiger partial charge on any atom is 0.0911 e. The van der Waals surface area contributed by atoms with Crippen LogP contribution in [0.3, 0.4) is 0 Å². The number of aromatic nitrogens is 1. The second-order valence-electron chi connectivity index (χ2n) is 2.80. The van der Waals surface area contributed by atoms with E-state index in [2.05, 4.69) is 11.5 Å². The molecule has 2 heteroatoms. The van der Waals surface area contributed by atoms with E-state index in [0.29, 0.717) is 0 Å². The summed E-state index contributed by atoms with van der Waals surface area (Å²) >= 11 is 0. The number of hydrogen-bond donors (Lipinski definition) is 1. The number of nitrogens with zero attached hydrogens (tertiary/aromatic N) is 1. The summed E-state index contributed by atoms with van der Waals surface area (Å²) in [5, 5.41) is 9.30. The average Bonchev–Trinajstić information content (AvgIpc) is 2.36. The molecule has 0 aromatic carbocycles.